The number of aryl methyl sites for hydroxylation is 2. The zero-order valence-electron chi connectivity index (χ0n) is 15.5. The molecule has 0 bridgehead atoms. The van der Waals surface area contributed by atoms with Gasteiger partial charge in [-0.15, -0.1) is 11.3 Å². The van der Waals surface area contributed by atoms with E-state index in [9.17, 15) is 9.59 Å². The summed E-state index contributed by atoms with van der Waals surface area (Å²) in [5.41, 5.74) is 10.8. The molecule has 2 aliphatic rings. The number of carbonyl (C=O) groups excluding carboxylic acids is 2. The molecule has 0 spiro atoms. The number of hydrogen-bond acceptors (Lipinski definition) is 4. The number of nitrogens with two attached hydrogens (primary N) is 1. The van der Waals surface area contributed by atoms with Crippen molar-refractivity contribution in [1.82, 2.24) is 4.98 Å². The molecule has 0 aliphatic heterocycles. The van der Waals surface area contributed by atoms with Gasteiger partial charge >= 0.3 is 0 Å². The van der Waals surface area contributed by atoms with Crippen molar-refractivity contribution >= 4 is 39.1 Å². The van der Waals surface area contributed by atoms with Crippen molar-refractivity contribution in [3.05, 3.63) is 57.1 Å². The molecule has 0 saturated carbocycles. The molecule has 5 nitrogen and oxygen atoms in total. The van der Waals surface area contributed by atoms with Crippen molar-refractivity contribution in [3.63, 3.8) is 0 Å². The Morgan fingerprint density at radius 3 is 2.61 bits per heavy atom. The van der Waals surface area contributed by atoms with Crippen LogP contribution in [0.15, 0.2) is 24.3 Å². The minimum Gasteiger partial charge on any atom is -0.365 e. The van der Waals surface area contributed by atoms with Crippen molar-refractivity contribution in [1.29, 1.82) is 0 Å². The molecule has 0 fully saturated rings. The minimum absolute atomic E-state index is 0.169. The number of amides is 2. The van der Waals surface area contributed by atoms with Crippen LogP contribution in [-0.2, 0) is 25.7 Å². The van der Waals surface area contributed by atoms with E-state index in [1.54, 1.807) is 0 Å². The van der Waals surface area contributed by atoms with Crippen LogP contribution < -0.4 is 11.1 Å². The van der Waals surface area contributed by atoms with E-state index in [0.29, 0.717) is 16.1 Å². The minimum atomic E-state index is -0.459. The first-order chi connectivity index (χ1) is 13.6. The molecule has 142 valence electrons. The van der Waals surface area contributed by atoms with Gasteiger partial charge in [0.25, 0.3) is 11.8 Å². The Bertz CT molecular complexity index is 1130. The lowest BCUT2D eigenvalue weighted by atomic mass is 9.95. The zero-order chi connectivity index (χ0) is 19.3. The number of thiophene rings is 1. The molecule has 5 rings (SSSR count). The highest BCUT2D eigenvalue weighted by atomic mass is 32.1. The van der Waals surface area contributed by atoms with Gasteiger partial charge in [-0.3, -0.25) is 14.6 Å². The number of primary amides is 1. The second-order valence-corrected chi connectivity index (χ2v) is 8.62. The van der Waals surface area contributed by atoms with Crippen LogP contribution in [0.4, 0.5) is 5.00 Å². The third kappa shape index (κ3) is 2.71. The van der Waals surface area contributed by atoms with Crippen LogP contribution in [0, 0.1) is 0 Å². The predicted octanol–water partition coefficient (Wildman–Crippen LogP) is 4.02. The normalized spacial score (nSPS) is 15.3. The van der Waals surface area contributed by atoms with Gasteiger partial charge in [0.05, 0.1) is 16.6 Å². The van der Waals surface area contributed by atoms with Gasteiger partial charge in [0, 0.05) is 16.0 Å². The Kier molecular flexibility index (Phi) is 4.16. The Balaban J connectivity index is 1.61. The number of anilines is 1. The van der Waals surface area contributed by atoms with Crippen molar-refractivity contribution in [2.45, 2.75) is 44.9 Å². The van der Waals surface area contributed by atoms with Gasteiger partial charge in [-0.2, -0.15) is 0 Å². The molecule has 3 aromatic rings. The van der Waals surface area contributed by atoms with E-state index in [4.69, 9.17) is 10.7 Å². The number of nitrogens with zero attached hydrogens (tertiary/aromatic N) is 1. The summed E-state index contributed by atoms with van der Waals surface area (Å²) in [6.45, 7) is 0. The summed E-state index contributed by atoms with van der Waals surface area (Å²) in [5, 5.41) is 4.50. The Morgan fingerprint density at radius 2 is 1.75 bits per heavy atom. The highest BCUT2D eigenvalue weighted by Crippen LogP contribution is 2.39. The maximum atomic E-state index is 13.4. The molecule has 0 atom stereocenters. The van der Waals surface area contributed by atoms with Gasteiger partial charge in [-0.05, 0) is 62.1 Å². The van der Waals surface area contributed by atoms with Gasteiger partial charge < -0.3 is 11.1 Å². The van der Waals surface area contributed by atoms with Crippen LogP contribution in [0.2, 0.25) is 0 Å². The third-order valence-corrected chi connectivity index (χ3v) is 7.00. The van der Waals surface area contributed by atoms with Crippen LogP contribution in [0.5, 0.6) is 0 Å². The van der Waals surface area contributed by atoms with E-state index < -0.39 is 5.91 Å². The van der Waals surface area contributed by atoms with Crippen molar-refractivity contribution in [3.8, 4) is 0 Å². The first-order valence-corrected chi connectivity index (χ1v) is 10.6. The van der Waals surface area contributed by atoms with Gasteiger partial charge in [0.2, 0.25) is 0 Å². The van der Waals surface area contributed by atoms with Crippen LogP contribution in [-0.4, -0.2) is 16.8 Å². The molecule has 6 heteroatoms. The van der Waals surface area contributed by atoms with E-state index in [2.05, 4.69) is 5.32 Å². The highest BCUT2D eigenvalue weighted by molar-refractivity contribution is 7.17. The molecule has 0 unspecified atom stereocenters. The summed E-state index contributed by atoms with van der Waals surface area (Å²) in [6.07, 6.45) is 6.75. The summed E-state index contributed by atoms with van der Waals surface area (Å²) in [7, 11) is 0. The van der Waals surface area contributed by atoms with Crippen LogP contribution in [0.3, 0.4) is 0 Å². The van der Waals surface area contributed by atoms with Crippen molar-refractivity contribution in [2.24, 2.45) is 5.73 Å². The van der Waals surface area contributed by atoms with Crippen LogP contribution in [0.1, 0.15) is 61.7 Å². The standard InChI is InChI=1S/C22H21N3O2S/c23-20(26)19-14-7-2-4-11-17(14)28-22(19)25-21(27)18-12-6-1-3-9-15(12)24-16-10-5-8-13(16)18/h1,3,6,9H,2,4-5,7-8,10-11H2,(H2,23,26)(H,25,27). The lowest BCUT2D eigenvalue weighted by molar-refractivity contribution is 0.100. The molecule has 1 aromatic carbocycles. The molecule has 2 heterocycles. The second kappa shape index (κ2) is 6.71. The van der Waals surface area contributed by atoms with E-state index in [1.807, 2.05) is 24.3 Å². The van der Waals surface area contributed by atoms with E-state index in [1.165, 1.54) is 16.2 Å². The number of pyridine rings is 1. The fraction of sp³-hybridized carbons (Fsp3) is 0.318. The number of benzene rings is 1. The van der Waals surface area contributed by atoms with Crippen molar-refractivity contribution < 1.29 is 9.59 Å². The number of hydrogen-bond donors (Lipinski definition) is 2. The molecule has 2 aliphatic carbocycles. The zero-order valence-corrected chi connectivity index (χ0v) is 16.3. The lowest BCUT2D eigenvalue weighted by Crippen LogP contribution is -2.20. The first-order valence-electron chi connectivity index (χ1n) is 9.79. The molecule has 3 N–H and O–H groups in total. The third-order valence-electron chi connectivity index (χ3n) is 5.79. The summed E-state index contributed by atoms with van der Waals surface area (Å²) in [6, 6.07) is 7.77. The van der Waals surface area contributed by atoms with Crippen molar-refractivity contribution in [2.75, 3.05) is 5.32 Å². The molecule has 28 heavy (non-hydrogen) atoms. The smallest absolute Gasteiger partial charge is 0.257 e. The summed E-state index contributed by atoms with van der Waals surface area (Å²) >= 11 is 1.50. The number of nitrogens with one attached hydrogen (secondary N) is 1. The average molecular weight is 391 g/mol. The molecule has 2 aromatic heterocycles. The summed E-state index contributed by atoms with van der Waals surface area (Å²) in [5.74, 6) is -0.627. The fourth-order valence-electron chi connectivity index (χ4n) is 4.55. The maximum Gasteiger partial charge on any atom is 0.257 e. The van der Waals surface area contributed by atoms with Gasteiger partial charge in [-0.1, -0.05) is 18.2 Å². The number of rotatable bonds is 3. The summed E-state index contributed by atoms with van der Waals surface area (Å²) in [4.78, 5) is 31.5. The summed E-state index contributed by atoms with van der Waals surface area (Å²) < 4.78 is 0. The van der Waals surface area contributed by atoms with E-state index in [-0.39, 0.29) is 5.91 Å². The number of aromatic nitrogens is 1. The molecular weight excluding hydrogens is 370 g/mol. The quantitative estimate of drug-likeness (QED) is 0.707. The fourth-order valence-corrected chi connectivity index (χ4v) is 5.84. The van der Waals surface area contributed by atoms with E-state index >= 15 is 0 Å². The largest absolute Gasteiger partial charge is 0.365 e. The number of fused-ring (bicyclic) bond motifs is 3. The Labute approximate surface area is 167 Å². The van der Waals surface area contributed by atoms with Gasteiger partial charge in [-0.25, -0.2) is 0 Å². The van der Waals surface area contributed by atoms with Crippen LogP contribution >= 0.6 is 11.3 Å². The highest BCUT2D eigenvalue weighted by Gasteiger charge is 2.28. The maximum absolute atomic E-state index is 13.4. The molecule has 0 radical (unpaired) electrons. The monoisotopic (exact) mass is 391 g/mol. The van der Waals surface area contributed by atoms with E-state index in [0.717, 1.165) is 72.7 Å². The average Bonchev–Trinajstić information content (AvgIpc) is 3.29. The molecule has 0 saturated heterocycles. The topological polar surface area (TPSA) is 85.1 Å². The second-order valence-electron chi connectivity index (χ2n) is 7.52. The lowest BCUT2D eigenvalue weighted by Gasteiger charge is -2.13. The van der Waals surface area contributed by atoms with Gasteiger partial charge in [0.15, 0.2) is 0 Å². The number of para-hydroxylation sites is 1. The molecule has 2 amide bonds. The Morgan fingerprint density at radius 1 is 0.964 bits per heavy atom. The SMILES string of the molecule is NC(=O)c1c(NC(=O)c2c3c(nc4ccccc24)CCC3)sc2c1CCCC2. The molecular formula is C22H21N3O2S. The van der Waals surface area contributed by atoms with Crippen LogP contribution in [0.25, 0.3) is 10.9 Å². The number of carbonyl (C=O) groups is 2. The van der Waals surface area contributed by atoms with Gasteiger partial charge in [0.1, 0.15) is 5.00 Å². The first kappa shape index (κ1) is 17.4. The predicted molar refractivity (Wildman–Crippen MR) is 111 cm³/mol. The Hall–Kier alpha value is -2.73.